The van der Waals surface area contributed by atoms with Gasteiger partial charge in [-0.1, -0.05) is 0 Å². The van der Waals surface area contributed by atoms with E-state index in [9.17, 15) is 9.59 Å². The summed E-state index contributed by atoms with van der Waals surface area (Å²) in [6.45, 7) is 6.70. The number of pyridine rings is 1. The predicted molar refractivity (Wildman–Crippen MR) is 64.1 cm³/mol. The number of anilines is 1. The highest BCUT2D eigenvalue weighted by Crippen LogP contribution is 2.14. The lowest BCUT2D eigenvalue weighted by atomic mass is 10.2. The molecule has 1 aromatic heterocycles. The minimum Gasteiger partial charge on any atom is -0.444 e. The van der Waals surface area contributed by atoms with Gasteiger partial charge in [-0.25, -0.2) is 9.78 Å². The molecule has 17 heavy (non-hydrogen) atoms. The van der Waals surface area contributed by atoms with E-state index in [4.69, 9.17) is 4.74 Å². The average Bonchev–Trinajstić information content (AvgIpc) is 2.14. The molecule has 0 aliphatic rings. The van der Waals surface area contributed by atoms with E-state index < -0.39 is 11.7 Å². The quantitative estimate of drug-likeness (QED) is 0.801. The predicted octanol–water partition coefficient (Wildman–Crippen LogP) is 2.63. The maximum atomic E-state index is 11.5. The van der Waals surface area contributed by atoms with E-state index in [1.54, 1.807) is 32.9 Å². The summed E-state index contributed by atoms with van der Waals surface area (Å²) >= 11 is 0. The van der Waals surface area contributed by atoms with Crippen LogP contribution in [0.25, 0.3) is 0 Å². The number of hydrogen-bond acceptors (Lipinski definition) is 4. The minimum atomic E-state index is -0.626. The fraction of sp³-hybridized carbons (Fsp3) is 0.417. The van der Waals surface area contributed by atoms with E-state index in [0.717, 1.165) is 0 Å². The summed E-state index contributed by atoms with van der Waals surface area (Å²) in [6, 6.07) is 3.24. The molecule has 0 aliphatic carbocycles. The number of ketones is 1. The molecular weight excluding hydrogens is 220 g/mol. The molecule has 1 aromatic rings. The summed E-state index contributed by atoms with van der Waals surface area (Å²) < 4.78 is 5.08. The van der Waals surface area contributed by atoms with Crippen molar-refractivity contribution >= 4 is 17.7 Å². The SMILES string of the molecule is CC(=O)c1cccnc1NC(=O)OC(C)(C)C. The summed E-state index contributed by atoms with van der Waals surface area (Å²) in [6.07, 6.45) is 0.873. The zero-order valence-corrected chi connectivity index (χ0v) is 10.4. The average molecular weight is 236 g/mol. The summed E-state index contributed by atoms with van der Waals surface area (Å²) in [5, 5.41) is 2.46. The van der Waals surface area contributed by atoms with Gasteiger partial charge in [0.15, 0.2) is 5.78 Å². The number of nitrogens with one attached hydrogen (secondary N) is 1. The van der Waals surface area contributed by atoms with Crippen molar-refractivity contribution in [1.82, 2.24) is 4.98 Å². The Labute approximate surface area is 100 Å². The molecule has 1 N–H and O–H groups in total. The van der Waals surface area contributed by atoms with Crippen LogP contribution in [-0.2, 0) is 4.74 Å². The molecule has 1 amide bonds. The second kappa shape index (κ2) is 4.95. The summed E-state index contributed by atoms with van der Waals surface area (Å²) in [4.78, 5) is 26.8. The Bertz CT molecular complexity index is 436. The molecule has 5 heteroatoms. The van der Waals surface area contributed by atoms with Gasteiger partial charge in [-0.2, -0.15) is 0 Å². The van der Waals surface area contributed by atoms with Crippen LogP contribution in [0.4, 0.5) is 10.6 Å². The van der Waals surface area contributed by atoms with Crippen LogP contribution in [0, 0.1) is 0 Å². The van der Waals surface area contributed by atoms with E-state index >= 15 is 0 Å². The number of carbonyl (C=O) groups excluding carboxylic acids is 2. The standard InChI is InChI=1S/C12H16N2O3/c1-8(15)9-6-5-7-13-10(9)14-11(16)17-12(2,3)4/h5-7H,1-4H3,(H,13,14,16). The summed E-state index contributed by atoms with van der Waals surface area (Å²) in [7, 11) is 0. The molecular formula is C12H16N2O3. The van der Waals surface area contributed by atoms with E-state index in [-0.39, 0.29) is 11.6 Å². The van der Waals surface area contributed by atoms with Gasteiger partial charge in [0.2, 0.25) is 0 Å². The van der Waals surface area contributed by atoms with E-state index in [2.05, 4.69) is 10.3 Å². The molecule has 0 atom stereocenters. The van der Waals surface area contributed by atoms with Gasteiger partial charge in [0.25, 0.3) is 0 Å². The Balaban J connectivity index is 2.82. The third kappa shape index (κ3) is 4.22. The second-order valence-electron chi connectivity index (χ2n) is 4.58. The van der Waals surface area contributed by atoms with Gasteiger partial charge in [0.05, 0.1) is 5.56 Å². The van der Waals surface area contributed by atoms with Gasteiger partial charge in [-0.05, 0) is 39.8 Å². The Morgan fingerprint density at radius 3 is 2.53 bits per heavy atom. The van der Waals surface area contributed by atoms with Crippen molar-refractivity contribution < 1.29 is 14.3 Å². The van der Waals surface area contributed by atoms with Crippen molar-refractivity contribution in [2.24, 2.45) is 0 Å². The molecule has 5 nitrogen and oxygen atoms in total. The molecule has 0 saturated heterocycles. The topological polar surface area (TPSA) is 68.3 Å². The monoisotopic (exact) mass is 236 g/mol. The van der Waals surface area contributed by atoms with Gasteiger partial charge in [-0.15, -0.1) is 0 Å². The summed E-state index contributed by atoms with van der Waals surface area (Å²) in [5.41, 5.74) is -0.228. The van der Waals surface area contributed by atoms with Gasteiger partial charge in [-0.3, -0.25) is 10.1 Å². The molecule has 0 radical (unpaired) electrons. The molecule has 92 valence electrons. The number of amides is 1. The lowest BCUT2D eigenvalue weighted by Gasteiger charge is -2.19. The Hall–Kier alpha value is -1.91. The summed E-state index contributed by atoms with van der Waals surface area (Å²) in [5.74, 6) is 0.0541. The van der Waals surface area contributed by atoms with Gasteiger partial charge >= 0.3 is 6.09 Å². The molecule has 1 heterocycles. The van der Waals surface area contributed by atoms with Crippen LogP contribution >= 0.6 is 0 Å². The van der Waals surface area contributed by atoms with Crippen molar-refractivity contribution in [3.63, 3.8) is 0 Å². The van der Waals surface area contributed by atoms with Gasteiger partial charge < -0.3 is 4.74 Å². The van der Waals surface area contributed by atoms with Crippen LogP contribution in [-0.4, -0.2) is 22.5 Å². The van der Waals surface area contributed by atoms with Crippen LogP contribution in [0.3, 0.4) is 0 Å². The molecule has 0 aliphatic heterocycles. The third-order valence-corrected chi connectivity index (χ3v) is 1.81. The fourth-order valence-electron chi connectivity index (χ4n) is 1.19. The molecule has 0 fully saturated rings. The van der Waals surface area contributed by atoms with Crippen LogP contribution < -0.4 is 5.32 Å². The third-order valence-electron chi connectivity index (χ3n) is 1.81. The number of hydrogen-bond donors (Lipinski definition) is 1. The highest BCUT2D eigenvalue weighted by Gasteiger charge is 2.18. The molecule has 0 bridgehead atoms. The maximum absolute atomic E-state index is 11.5. The number of ether oxygens (including phenoxy) is 1. The zero-order chi connectivity index (χ0) is 13.1. The lowest BCUT2D eigenvalue weighted by Crippen LogP contribution is -2.28. The lowest BCUT2D eigenvalue weighted by molar-refractivity contribution is 0.0635. The number of carbonyl (C=O) groups is 2. The molecule has 0 saturated carbocycles. The largest absolute Gasteiger partial charge is 0.444 e. The Morgan fingerprint density at radius 2 is 2.00 bits per heavy atom. The van der Waals surface area contributed by atoms with Crippen molar-refractivity contribution in [3.05, 3.63) is 23.9 Å². The van der Waals surface area contributed by atoms with E-state index in [1.165, 1.54) is 13.1 Å². The van der Waals surface area contributed by atoms with E-state index in [0.29, 0.717) is 5.56 Å². The highest BCUT2D eigenvalue weighted by molar-refractivity contribution is 6.01. The number of Topliss-reactive ketones (excluding diaryl/α,β-unsaturated/α-hetero) is 1. The first-order chi connectivity index (χ1) is 7.79. The van der Waals surface area contributed by atoms with E-state index in [1.807, 2.05) is 0 Å². The first kappa shape index (κ1) is 13.2. The van der Waals surface area contributed by atoms with Gasteiger partial charge in [0, 0.05) is 6.20 Å². The first-order valence-corrected chi connectivity index (χ1v) is 5.25. The van der Waals surface area contributed by atoms with Crippen LogP contribution in [0.1, 0.15) is 38.1 Å². The highest BCUT2D eigenvalue weighted by atomic mass is 16.6. The van der Waals surface area contributed by atoms with Crippen molar-refractivity contribution in [3.8, 4) is 0 Å². The smallest absolute Gasteiger partial charge is 0.413 e. The van der Waals surface area contributed by atoms with Crippen molar-refractivity contribution in [2.75, 3.05) is 5.32 Å². The zero-order valence-electron chi connectivity index (χ0n) is 10.4. The first-order valence-electron chi connectivity index (χ1n) is 5.25. The number of rotatable bonds is 2. The molecule has 0 unspecified atom stereocenters. The maximum Gasteiger partial charge on any atom is 0.413 e. The van der Waals surface area contributed by atoms with Gasteiger partial charge in [0.1, 0.15) is 11.4 Å². The van der Waals surface area contributed by atoms with Crippen molar-refractivity contribution in [2.45, 2.75) is 33.3 Å². The van der Waals surface area contributed by atoms with Crippen LogP contribution in [0.5, 0.6) is 0 Å². The molecule has 1 rings (SSSR count). The van der Waals surface area contributed by atoms with Crippen molar-refractivity contribution in [1.29, 1.82) is 0 Å². The Morgan fingerprint density at radius 1 is 1.35 bits per heavy atom. The number of nitrogens with zero attached hydrogens (tertiary/aromatic N) is 1. The molecule has 0 aromatic carbocycles. The Kier molecular flexibility index (Phi) is 3.83. The van der Waals surface area contributed by atoms with Crippen LogP contribution in [0.2, 0.25) is 0 Å². The second-order valence-corrected chi connectivity index (χ2v) is 4.58. The molecule has 0 spiro atoms. The minimum absolute atomic E-state index is 0.163. The van der Waals surface area contributed by atoms with Crippen LogP contribution in [0.15, 0.2) is 18.3 Å². The fourth-order valence-corrected chi connectivity index (χ4v) is 1.19. The normalized spacial score (nSPS) is 10.8. The number of aromatic nitrogens is 1.